The predicted molar refractivity (Wildman–Crippen MR) is 142 cm³/mol. The van der Waals surface area contributed by atoms with E-state index < -0.39 is 10.0 Å². The van der Waals surface area contributed by atoms with Gasteiger partial charge in [-0.25, -0.2) is 23.1 Å². The van der Waals surface area contributed by atoms with Crippen LogP contribution in [0.5, 0.6) is 5.75 Å². The van der Waals surface area contributed by atoms with Crippen molar-refractivity contribution in [2.45, 2.75) is 17.9 Å². The number of fused-ring (bicyclic) bond motifs is 3. The monoisotopic (exact) mass is 535 g/mol. The van der Waals surface area contributed by atoms with E-state index in [1.807, 2.05) is 6.07 Å². The minimum Gasteiger partial charge on any atom is -0.497 e. The van der Waals surface area contributed by atoms with E-state index in [2.05, 4.69) is 25.3 Å². The van der Waals surface area contributed by atoms with Crippen LogP contribution in [0.2, 0.25) is 5.02 Å². The van der Waals surface area contributed by atoms with Crippen molar-refractivity contribution >= 4 is 44.9 Å². The number of nitrogens with zero attached hydrogens (tertiary/aromatic N) is 2. The highest BCUT2D eigenvalue weighted by atomic mass is 35.5. The van der Waals surface area contributed by atoms with Crippen LogP contribution in [0.15, 0.2) is 77.8 Å². The molecule has 0 saturated carbocycles. The van der Waals surface area contributed by atoms with Crippen LogP contribution in [0.3, 0.4) is 0 Å². The van der Waals surface area contributed by atoms with Crippen LogP contribution >= 0.6 is 11.6 Å². The second kappa shape index (κ2) is 10.2. The fraction of sp³-hybridized carbons (Fsp3) is 0.115. The molecule has 0 saturated heterocycles. The summed E-state index contributed by atoms with van der Waals surface area (Å²) < 4.78 is 33.3. The molecule has 9 nitrogen and oxygen atoms in total. The number of amides is 1. The molecule has 5 rings (SSSR count). The molecular formula is C26H22ClN5O4S. The van der Waals surface area contributed by atoms with Gasteiger partial charge in [-0.15, -0.1) is 0 Å². The molecule has 0 spiro atoms. The average Bonchev–Trinajstić information content (AvgIpc) is 3.02. The first-order valence-corrected chi connectivity index (χ1v) is 13.1. The quantitative estimate of drug-likeness (QED) is 0.318. The van der Waals surface area contributed by atoms with Crippen LogP contribution in [0.1, 0.15) is 11.1 Å². The summed E-state index contributed by atoms with van der Waals surface area (Å²) in [6.07, 6.45) is 1.74. The van der Waals surface area contributed by atoms with E-state index in [0.29, 0.717) is 39.4 Å². The van der Waals surface area contributed by atoms with Crippen molar-refractivity contribution in [3.05, 3.63) is 89.1 Å². The molecule has 1 aliphatic rings. The van der Waals surface area contributed by atoms with Gasteiger partial charge in [0.1, 0.15) is 5.75 Å². The van der Waals surface area contributed by atoms with Gasteiger partial charge in [-0.1, -0.05) is 23.7 Å². The van der Waals surface area contributed by atoms with Gasteiger partial charge in [-0.3, -0.25) is 4.79 Å². The molecule has 1 amide bonds. The highest BCUT2D eigenvalue weighted by Crippen LogP contribution is 2.35. The van der Waals surface area contributed by atoms with E-state index >= 15 is 0 Å². The Hall–Kier alpha value is -3.99. The van der Waals surface area contributed by atoms with E-state index in [9.17, 15) is 13.2 Å². The Balaban J connectivity index is 1.33. The molecule has 0 atom stereocenters. The molecule has 1 aliphatic heterocycles. The lowest BCUT2D eigenvalue weighted by Crippen LogP contribution is -2.23. The van der Waals surface area contributed by atoms with Crippen molar-refractivity contribution in [3.8, 4) is 17.0 Å². The number of aromatic nitrogens is 2. The summed E-state index contributed by atoms with van der Waals surface area (Å²) >= 11 is 6.10. The average molecular weight is 536 g/mol. The molecule has 3 aromatic carbocycles. The molecule has 4 aromatic rings. The van der Waals surface area contributed by atoms with E-state index in [1.54, 1.807) is 61.8 Å². The van der Waals surface area contributed by atoms with Crippen LogP contribution in [0.25, 0.3) is 11.3 Å². The van der Waals surface area contributed by atoms with Crippen molar-refractivity contribution in [2.75, 3.05) is 17.7 Å². The number of nitrogens with one attached hydrogen (secondary N) is 3. The Bertz CT molecular complexity index is 1590. The summed E-state index contributed by atoms with van der Waals surface area (Å²) in [5.41, 5.74) is 4.00. The lowest BCUT2D eigenvalue weighted by atomic mass is 10.1. The Labute approximate surface area is 218 Å². The van der Waals surface area contributed by atoms with Gasteiger partial charge >= 0.3 is 0 Å². The summed E-state index contributed by atoms with van der Waals surface area (Å²) in [6.45, 7) is 0.131. The van der Waals surface area contributed by atoms with Crippen LogP contribution in [-0.4, -0.2) is 31.4 Å². The normalized spacial score (nSPS) is 12.6. The Morgan fingerprint density at radius 3 is 2.68 bits per heavy atom. The molecular weight excluding hydrogens is 514 g/mol. The molecule has 3 N–H and O–H groups in total. The minimum absolute atomic E-state index is 0.124. The number of hydrogen-bond acceptors (Lipinski definition) is 7. The molecule has 37 heavy (non-hydrogen) atoms. The fourth-order valence-corrected chi connectivity index (χ4v) is 5.10. The van der Waals surface area contributed by atoms with Crippen LogP contribution in [0, 0.1) is 0 Å². The topological polar surface area (TPSA) is 122 Å². The van der Waals surface area contributed by atoms with E-state index in [1.165, 1.54) is 12.1 Å². The highest BCUT2D eigenvalue weighted by Gasteiger charge is 2.21. The molecule has 2 heterocycles. The fourth-order valence-electron chi connectivity index (χ4n) is 3.91. The van der Waals surface area contributed by atoms with Crippen molar-refractivity contribution in [1.82, 2.24) is 14.7 Å². The van der Waals surface area contributed by atoms with Crippen molar-refractivity contribution in [3.63, 3.8) is 0 Å². The molecule has 188 valence electrons. The number of hydrogen-bond donors (Lipinski definition) is 3. The van der Waals surface area contributed by atoms with Gasteiger partial charge in [-0.2, -0.15) is 0 Å². The molecule has 0 bridgehead atoms. The van der Waals surface area contributed by atoms with Crippen LogP contribution < -0.4 is 20.1 Å². The van der Waals surface area contributed by atoms with Gasteiger partial charge in [0.25, 0.3) is 0 Å². The lowest BCUT2D eigenvalue weighted by molar-refractivity contribution is -0.115. The number of anilines is 3. The zero-order valence-electron chi connectivity index (χ0n) is 19.7. The maximum atomic E-state index is 12.8. The summed E-state index contributed by atoms with van der Waals surface area (Å²) in [4.78, 5) is 21.4. The minimum atomic E-state index is -3.73. The van der Waals surface area contributed by atoms with Gasteiger partial charge in [0.15, 0.2) is 0 Å². The maximum Gasteiger partial charge on any atom is 0.240 e. The summed E-state index contributed by atoms with van der Waals surface area (Å²) in [7, 11) is -2.17. The largest absolute Gasteiger partial charge is 0.497 e. The zero-order chi connectivity index (χ0) is 26.0. The lowest BCUT2D eigenvalue weighted by Gasteiger charge is -2.11. The number of halogens is 1. The molecule has 0 aliphatic carbocycles. The first kappa shape index (κ1) is 24.7. The first-order chi connectivity index (χ1) is 17.8. The molecule has 1 aromatic heterocycles. The van der Waals surface area contributed by atoms with Crippen molar-refractivity contribution in [2.24, 2.45) is 0 Å². The third-order valence-corrected chi connectivity index (χ3v) is 7.40. The molecule has 0 fully saturated rings. The van der Waals surface area contributed by atoms with Gasteiger partial charge in [-0.05, 0) is 60.2 Å². The Morgan fingerprint density at radius 2 is 1.89 bits per heavy atom. The number of methoxy groups -OCH3 is 1. The summed E-state index contributed by atoms with van der Waals surface area (Å²) in [5, 5.41) is 6.44. The number of benzene rings is 3. The smallest absolute Gasteiger partial charge is 0.240 e. The number of carbonyl (C=O) groups is 1. The number of sulfonamides is 1. The van der Waals surface area contributed by atoms with Crippen LogP contribution in [0.4, 0.5) is 17.3 Å². The van der Waals surface area contributed by atoms with E-state index in [-0.39, 0.29) is 23.8 Å². The van der Waals surface area contributed by atoms with Gasteiger partial charge in [0.2, 0.25) is 21.9 Å². The molecule has 0 radical (unpaired) electrons. The summed E-state index contributed by atoms with van der Waals surface area (Å²) in [5.74, 6) is 0.784. The highest BCUT2D eigenvalue weighted by molar-refractivity contribution is 7.89. The maximum absolute atomic E-state index is 12.8. The number of carbonyl (C=O) groups excluding carboxylic acids is 1. The van der Waals surface area contributed by atoms with E-state index in [4.69, 9.17) is 16.3 Å². The second-order valence-electron chi connectivity index (χ2n) is 8.31. The van der Waals surface area contributed by atoms with Gasteiger partial charge in [0.05, 0.1) is 29.8 Å². The van der Waals surface area contributed by atoms with Gasteiger partial charge < -0.3 is 15.4 Å². The Kier molecular flexibility index (Phi) is 6.79. The molecule has 11 heteroatoms. The predicted octanol–water partition coefficient (Wildman–Crippen LogP) is 4.52. The Morgan fingerprint density at radius 1 is 1.08 bits per heavy atom. The summed E-state index contributed by atoms with van der Waals surface area (Å²) in [6, 6.07) is 18.7. The third-order valence-electron chi connectivity index (χ3n) is 5.75. The molecule has 0 unspecified atom stereocenters. The van der Waals surface area contributed by atoms with Crippen molar-refractivity contribution in [1.29, 1.82) is 0 Å². The zero-order valence-corrected chi connectivity index (χ0v) is 21.2. The van der Waals surface area contributed by atoms with Crippen molar-refractivity contribution < 1.29 is 17.9 Å². The standard InChI is InChI=1S/C26H22ClN5O4S/c1-36-20-4-2-3-16(11-20)14-29-37(34,35)21-8-6-19(7-9-21)30-26-28-15-17-12-24(33)31-23-13-18(27)5-10-22(23)25(17)32-26/h2-11,13,15,29H,12,14H2,1H3,(H,31,33)(H,28,30,32). The number of ether oxygens (including phenoxy) is 1. The second-order valence-corrected chi connectivity index (χ2v) is 10.5. The third kappa shape index (κ3) is 5.56. The van der Waals surface area contributed by atoms with Gasteiger partial charge in [0, 0.05) is 34.6 Å². The first-order valence-electron chi connectivity index (χ1n) is 11.3. The van der Waals surface area contributed by atoms with E-state index in [0.717, 1.165) is 11.1 Å². The SMILES string of the molecule is COc1cccc(CNS(=O)(=O)c2ccc(Nc3ncc4c(n3)-c3ccc(Cl)cc3NC(=O)C4)cc2)c1. The van der Waals surface area contributed by atoms with Crippen LogP contribution in [-0.2, 0) is 27.8 Å². The number of rotatable bonds is 7.